The van der Waals surface area contributed by atoms with Gasteiger partial charge in [0.15, 0.2) is 5.78 Å². The minimum atomic E-state index is -0.256. The van der Waals surface area contributed by atoms with Crippen LogP contribution in [0.25, 0.3) is 6.08 Å². The van der Waals surface area contributed by atoms with Crippen LogP contribution in [0.5, 0.6) is 11.5 Å². The van der Waals surface area contributed by atoms with Gasteiger partial charge in [-0.3, -0.25) is 9.59 Å². The molecule has 4 heteroatoms. The number of esters is 1. The predicted octanol–water partition coefficient (Wildman–Crippen LogP) is 4.93. The zero-order valence-corrected chi connectivity index (χ0v) is 16.1. The number of benzene rings is 2. The van der Waals surface area contributed by atoms with Crippen LogP contribution in [0.15, 0.2) is 42.5 Å². The van der Waals surface area contributed by atoms with Gasteiger partial charge in [0.1, 0.15) is 11.5 Å². The third-order valence-corrected chi connectivity index (χ3v) is 4.27. The van der Waals surface area contributed by atoms with Crippen LogP contribution in [0.2, 0.25) is 0 Å². The number of aromatic hydroxyl groups is 1. The molecule has 0 fully saturated rings. The van der Waals surface area contributed by atoms with Crippen molar-refractivity contribution in [2.24, 2.45) is 0 Å². The van der Waals surface area contributed by atoms with Gasteiger partial charge in [-0.2, -0.15) is 0 Å². The van der Waals surface area contributed by atoms with Crippen LogP contribution in [0, 0.1) is 13.8 Å². The maximum atomic E-state index is 12.1. The molecule has 2 rings (SSSR count). The van der Waals surface area contributed by atoms with E-state index in [0.717, 1.165) is 35.1 Å². The Hall–Kier alpha value is -2.88. The smallest absolute Gasteiger partial charge is 0.310 e. The van der Waals surface area contributed by atoms with Gasteiger partial charge in [0.2, 0.25) is 0 Å². The molecule has 0 amide bonds. The number of carbonyl (C=O) groups is 2. The fourth-order valence-electron chi connectivity index (χ4n) is 2.83. The van der Waals surface area contributed by atoms with E-state index < -0.39 is 0 Å². The summed E-state index contributed by atoms with van der Waals surface area (Å²) < 4.78 is 5.36. The summed E-state index contributed by atoms with van der Waals surface area (Å²) in [5.74, 6) is 0.664. The molecule has 4 nitrogen and oxygen atoms in total. The number of ketones is 1. The standard InChI is InChI=1S/C23H26O4/c1-4-22(26)27-23-16(2)14-19(15-17(23)3)10-13-20(24)7-5-6-18-8-11-21(25)12-9-18/h8-15,25H,4-7H2,1-3H3/b13-10+. The number of ether oxygens (including phenoxy) is 1. The highest BCUT2D eigenvalue weighted by Crippen LogP contribution is 2.26. The molecule has 0 spiro atoms. The molecule has 0 atom stereocenters. The highest BCUT2D eigenvalue weighted by atomic mass is 16.5. The van der Waals surface area contributed by atoms with Crippen molar-refractivity contribution in [3.8, 4) is 11.5 Å². The Labute approximate surface area is 160 Å². The van der Waals surface area contributed by atoms with E-state index in [1.165, 1.54) is 0 Å². The summed E-state index contributed by atoms with van der Waals surface area (Å²) in [6.45, 7) is 5.54. The minimum Gasteiger partial charge on any atom is -0.508 e. The number of aryl methyl sites for hydroxylation is 3. The average molecular weight is 366 g/mol. The van der Waals surface area contributed by atoms with E-state index in [-0.39, 0.29) is 17.5 Å². The molecular formula is C23H26O4. The number of phenols is 1. The summed E-state index contributed by atoms with van der Waals surface area (Å²) in [6, 6.07) is 10.9. The second-order valence-electron chi connectivity index (χ2n) is 6.63. The normalized spacial score (nSPS) is 10.9. The maximum absolute atomic E-state index is 12.1. The lowest BCUT2D eigenvalue weighted by Crippen LogP contribution is -2.08. The summed E-state index contributed by atoms with van der Waals surface area (Å²) in [6.07, 6.45) is 5.77. The molecule has 2 aromatic carbocycles. The summed E-state index contributed by atoms with van der Waals surface area (Å²) >= 11 is 0. The number of allylic oxidation sites excluding steroid dienone is 1. The highest BCUT2D eigenvalue weighted by molar-refractivity contribution is 5.93. The van der Waals surface area contributed by atoms with E-state index in [1.54, 1.807) is 31.2 Å². The molecule has 0 aromatic heterocycles. The van der Waals surface area contributed by atoms with E-state index in [1.807, 2.05) is 38.1 Å². The molecule has 1 N–H and O–H groups in total. The van der Waals surface area contributed by atoms with Crippen LogP contribution < -0.4 is 4.74 Å². The van der Waals surface area contributed by atoms with Crippen molar-refractivity contribution < 1.29 is 19.4 Å². The molecule has 142 valence electrons. The fourth-order valence-corrected chi connectivity index (χ4v) is 2.83. The largest absolute Gasteiger partial charge is 0.508 e. The summed E-state index contributed by atoms with van der Waals surface area (Å²) in [7, 11) is 0. The van der Waals surface area contributed by atoms with E-state index in [2.05, 4.69) is 0 Å². The van der Waals surface area contributed by atoms with Crippen LogP contribution >= 0.6 is 0 Å². The summed E-state index contributed by atoms with van der Waals surface area (Å²) in [5, 5.41) is 9.27. The first kappa shape index (κ1) is 20.4. The average Bonchev–Trinajstić information content (AvgIpc) is 2.64. The van der Waals surface area contributed by atoms with Crippen molar-refractivity contribution in [1.29, 1.82) is 0 Å². The van der Waals surface area contributed by atoms with Crippen LogP contribution in [-0.2, 0) is 16.0 Å². The van der Waals surface area contributed by atoms with Crippen molar-refractivity contribution >= 4 is 17.8 Å². The van der Waals surface area contributed by atoms with Crippen molar-refractivity contribution in [3.05, 3.63) is 64.7 Å². The third kappa shape index (κ3) is 6.41. The molecule has 0 aliphatic carbocycles. The van der Waals surface area contributed by atoms with Crippen molar-refractivity contribution in [3.63, 3.8) is 0 Å². The fraction of sp³-hybridized carbons (Fsp3) is 0.304. The van der Waals surface area contributed by atoms with Crippen LogP contribution in [0.3, 0.4) is 0 Å². The maximum Gasteiger partial charge on any atom is 0.310 e. The lowest BCUT2D eigenvalue weighted by Gasteiger charge is -2.11. The Kier molecular flexibility index (Phi) is 7.35. The third-order valence-electron chi connectivity index (χ3n) is 4.27. The molecule has 0 unspecified atom stereocenters. The first-order valence-corrected chi connectivity index (χ1v) is 9.19. The SMILES string of the molecule is CCC(=O)Oc1c(C)cc(/C=C/C(=O)CCCc2ccc(O)cc2)cc1C. The quantitative estimate of drug-likeness (QED) is 0.409. The number of hydrogen-bond acceptors (Lipinski definition) is 4. The topological polar surface area (TPSA) is 63.6 Å². The van der Waals surface area contributed by atoms with Gasteiger partial charge in [0, 0.05) is 12.8 Å². The summed E-state index contributed by atoms with van der Waals surface area (Å²) in [5.41, 5.74) is 3.76. The van der Waals surface area contributed by atoms with Crippen molar-refractivity contribution in [2.75, 3.05) is 0 Å². The predicted molar refractivity (Wildman–Crippen MR) is 107 cm³/mol. The van der Waals surface area contributed by atoms with Gasteiger partial charge in [0.05, 0.1) is 0 Å². The molecule has 2 aromatic rings. The van der Waals surface area contributed by atoms with Gasteiger partial charge >= 0.3 is 5.97 Å². The van der Waals surface area contributed by atoms with Gasteiger partial charge in [-0.15, -0.1) is 0 Å². The first-order chi connectivity index (χ1) is 12.9. The highest BCUT2D eigenvalue weighted by Gasteiger charge is 2.09. The number of rotatable bonds is 8. The van der Waals surface area contributed by atoms with Crippen LogP contribution in [0.1, 0.15) is 48.4 Å². The van der Waals surface area contributed by atoms with Gasteiger partial charge in [-0.1, -0.05) is 25.1 Å². The lowest BCUT2D eigenvalue weighted by atomic mass is 10.0. The van der Waals surface area contributed by atoms with Crippen molar-refractivity contribution in [1.82, 2.24) is 0 Å². The first-order valence-electron chi connectivity index (χ1n) is 9.19. The Balaban J connectivity index is 1.91. The Morgan fingerprint density at radius 3 is 2.30 bits per heavy atom. The van der Waals surface area contributed by atoms with Gasteiger partial charge < -0.3 is 9.84 Å². The monoisotopic (exact) mass is 366 g/mol. The molecule has 0 aliphatic rings. The molecule has 0 saturated heterocycles. The molecule has 27 heavy (non-hydrogen) atoms. The number of carbonyl (C=O) groups excluding carboxylic acids is 2. The summed E-state index contributed by atoms with van der Waals surface area (Å²) in [4.78, 5) is 23.6. The van der Waals surface area contributed by atoms with Crippen molar-refractivity contribution in [2.45, 2.75) is 46.5 Å². The molecule has 0 aliphatic heterocycles. The second-order valence-corrected chi connectivity index (χ2v) is 6.63. The molecule has 0 saturated carbocycles. The molecule has 0 radical (unpaired) electrons. The van der Waals surface area contributed by atoms with Gasteiger partial charge in [-0.05, 0) is 79.3 Å². The number of hydrogen-bond donors (Lipinski definition) is 1. The molecule has 0 bridgehead atoms. The van der Waals surface area contributed by atoms with E-state index in [9.17, 15) is 14.7 Å². The van der Waals surface area contributed by atoms with E-state index in [0.29, 0.717) is 18.6 Å². The Bertz CT molecular complexity index is 809. The Morgan fingerprint density at radius 1 is 1.07 bits per heavy atom. The lowest BCUT2D eigenvalue weighted by molar-refractivity contribution is -0.134. The van der Waals surface area contributed by atoms with Gasteiger partial charge in [0.25, 0.3) is 0 Å². The van der Waals surface area contributed by atoms with Crippen LogP contribution in [0.4, 0.5) is 0 Å². The van der Waals surface area contributed by atoms with E-state index in [4.69, 9.17) is 4.74 Å². The van der Waals surface area contributed by atoms with E-state index >= 15 is 0 Å². The Morgan fingerprint density at radius 2 is 1.70 bits per heavy atom. The van der Waals surface area contributed by atoms with Gasteiger partial charge in [-0.25, -0.2) is 0 Å². The molecular weight excluding hydrogens is 340 g/mol. The second kappa shape index (κ2) is 9.72. The minimum absolute atomic E-state index is 0.0746. The van der Waals surface area contributed by atoms with Crippen LogP contribution in [-0.4, -0.2) is 16.9 Å². The molecule has 0 heterocycles. The number of phenolic OH excluding ortho intramolecular Hbond substituents is 1. The zero-order valence-electron chi connectivity index (χ0n) is 16.1. The zero-order chi connectivity index (χ0) is 19.8.